The second-order valence-electron chi connectivity index (χ2n) is 6.47. The van der Waals surface area contributed by atoms with Gasteiger partial charge in [0.2, 0.25) is 0 Å². The van der Waals surface area contributed by atoms with Crippen LogP contribution < -0.4 is 0 Å². The molecule has 0 spiro atoms. The number of nitrogens with zero attached hydrogens (tertiary/aromatic N) is 3. The molecule has 0 bridgehead atoms. The maximum atomic E-state index is 4.28. The van der Waals surface area contributed by atoms with Gasteiger partial charge in [-0.3, -0.25) is 0 Å². The van der Waals surface area contributed by atoms with E-state index in [-0.39, 0.29) is 10.8 Å². The lowest BCUT2D eigenvalue weighted by atomic mass is 9.93. The molecule has 0 amide bonds. The number of hydrogen-bond donors (Lipinski definition) is 0. The van der Waals surface area contributed by atoms with Gasteiger partial charge in [0.1, 0.15) is 11.6 Å². The highest BCUT2D eigenvalue weighted by Gasteiger charge is 2.24. The van der Waals surface area contributed by atoms with Crippen molar-refractivity contribution in [1.29, 1.82) is 0 Å². The van der Waals surface area contributed by atoms with Crippen molar-refractivity contribution < 1.29 is 0 Å². The van der Waals surface area contributed by atoms with Crippen LogP contribution in [0.2, 0.25) is 0 Å². The number of hydrogen-bond acceptors (Lipinski definition) is 2. The molecule has 86 valence electrons. The zero-order chi connectivity index (χ0) is 11.9. The van der Waals surface area contributed by atoms with E-state index >= 15 is 0 Å². The van der Waals surface area contributed by atoms with Gasteiger partial charge in [0.15, 0.2) is 0 Å². The molecule has 1 heterocycles. The number of aromatic nitrogens is 3. The van der Waals surface area contributed by atoms with Crippen LogP contribution in [-0.2, 0) is 12.0 Å². The van der Waals surface area contributed by atoms with E-state index < -0.39 is 0 Å². The van der Waals surface area contributed by atoms with Gasteiger partial charge in [-0.2, -0.15) is 0 Å². The minimum atomic E-state index is 0.0620. The Kier molecular flexibility index (Phi) is 2.94. The smallest absolute Gasteiger partial charge is 0.138 e. The summed E-state index contributed by atoms with van der Waals surface area (Å²) < 4.78 is 2.24. The van der Waals surface area contributed by atoms with E-state index in [1.165, 1.54) is 0 Å². The van der Waals surface area contributed by atoms with Crippen LogP contribution in [-0.4, -0.2) is 14.8 Å². The van der Waals surface area contributed by atoms with E-state index in [0.717, 1.165) is 18.2 Å². The van der Waals surface area contributed by atoms with Crippen molar-refractivity contribution in [2.75, 3.05) is 0 Å². The minimum absolute atomic E-state index is 0.0620. The predicted molar refractivity (Wildman–Crippen MR) is 62.9 cm³/mol. The highest BCUT2D eigenvalue weighted by Crippen LogP contribution is 2.25. The summed E-state index contributed by atoms with van der Waals surface area (Å²) in [6.07, 6.45) is 0. The number of rotatable bonds is 1. The van der Waals surface area contributed by atoms with E-state index in [1.54, 1.807) is 0 Å². The van der Waals surface area contributed by atoms with Crippen molar-refractivity contribution in [3.63, 3.8) is 0 Å². The molecule has 15 heavy (non-hydrogen) atoms. The van der Waals surface area contributed by atoms with Crippen LogP contribution in [0, 0.1) is 12.3 Å². The van der Waals surface area contributed by atoms with E-state index in [1.807, 2.05) is 6.92 Å². The summed E-state index contributed by atoms with van der Waals surface area (Å²) in [5, 5.41) is 8.46. The van der Waals surface area contributed by atoms with Crippen molar-refractivity contribution >= 4 is 0 Å². The SMILES string of the molecule is Cc1nnc(C(C)(C)C)n1CC(C)(C)C. The summed E-state index contributed by atoms with van der Waals surface area (Å²) in [4.78, 5) is 0. The lowest BCUT2D eigenvalue weighted by molar-refractivity contribution is 0.323. The van der Waals surface area contributed by atoms with Gasteiger partial charge < -0.3 is 4.57 Å². The summed E-state index contributed by atoms with van der Waals surface area (Å²) in [7, 11) is 0. The van der Waals surface area contributed by atoms with Crippen molar-refractivity contribution in [3.8, 4) is 0 Å². The molecule has 0 aliphatic carbocycles. The fraction of sp³-hybridized carbons (Fsp3) is 0.833. The Hall–Kier alpha value is -0.860. The molecule has 0 saturated heterocycles. The normalized spacial score (nSPS) is 13.3. The molecule has 3 heteroatoms. The quantitative estimate of drug-likeness (QED) is 0.712. The molecule has 0 fully saturated rings. The Morgan fingerprint density at radius 1 is 1.00 bits per heavy atom. The molecule has 0 atom stereocenters. The molecule has 1 rings (SSSR count). The summed E-state index contributed by atoms with van der Waals surface area (Å²) >= 11 is 0. The first-order valence-corrected chi connectivity index (χ1v) is 5.51. The van der Waals surface area contributed by atoms with Crippen molar-refractivity contribution in [2.24, 2.45) is 5.41 Å². The van der Waals surface area contributed by atoms with Gasteiger partial charge in [0.05, 0.1) is 0 Å². The molecule has 0 unspecified atom stereocenters. The Labute approximate surface area is 92.9 Å². The van der Waals surface area contributed by atoms with Crippen LogP contribution in [0.4, 0.5) is 0 Å². The third-order valence-corrected chi connectivity index (χ3v) is 2.24. The van der Waals surface area contributed by atoms with E-state index in [9.17, 15) is 0 Å². The van der Waals surface area contributed by atoms with E-state index in [4.69, 9.17) is 0 Å². The molecular formula is C12H23N3. The van der Waals surface area contributed by atoms with Crippen LogP contribution in [0.3, 0.4) is 0 Å². The fourth-order valence-corrected chi connectivity index (χ4v) is 1.60. The third-order valence-electron chi connectivity index (χ3n) is 2.24. The van der Waals surface area contributed by atoms with Gasteiger partial charge in [0, 0.05) is 12.0 Å². The predicted octanol–water partition coefficient (Wildman–Crippen LogP) is 2.93. The van der Waals surface area contributed by atoms with Crippen LogP contribution in [0.25, 0.3) is 0 Å². The lowest BCUT2D eigenvalue weighted by Gasteiger charge is -2.25. The first-order valence-electron chi connectivity index (χ1n) is 5.51. The molecule has 0 aliphatic rings. The van der Waals surface area contributed by atoms with Gasteiger partial charge in [-0.1, -0.05) is 41.5 Å². The second kappa shape index (κ2) is 3.62. The molecule has 0 aliphatic heterocycles. The first-order chi connectivity index (χ1) is 6.61. The van der Waals surface area contributed by atoms with Crippen molar-refractivity contribution in [3.05, 3.63) is 11.6 Å². The lowest BCUT2D eigenvalue weighted by Crippen LogP contribution is -2.24. The van der Waals surface area contributed by atoms with Gasteiger partial charge >= 0.3 is 0 Å². The highest BCUT2D eigenvalue weighted by molar-refractivity contribution is 5.05. The van der Waals surface area contributed by atoms with Crippen LogP contribution in [0.1, 0.15) is 53.2 Å². The van der Waals surface area contributed by atoms with Gasteiger partial charge in [-0.25, -0.2) is 0 Å². The summed E-state index contributed by atoms with van der Waals surface area (Å²) in [5.74, 6) is 2.09. The second-order valence-corrected chi connectivity index (χ2v) is 6.47. The Morgan fingerprint density at radius 3 is 1.93 bits per heavy atom. The summed E-state index contributed by atoms with van der Waals surface area (Å²) in [5.41, 5.74) is 0.319. The molecule has 3 nitrogen and oxygen atoms in total. The molecule has 0 aromatic carbocycles. The molecule has 0 saturated carbocycles. The van der Waals surface area contributed by atoms with Gasteiger partial charge in [-0.15, -0.1) is 10.2 Å². The van der Waals surface area contributed by atoms with Gasteiger partial charge in [0.25, 0.3) is 0 Å². The molecule has 1 aromatic rings. The largest absolute Gasteiger partial charge is 0.314 e. The zero-order valence-corrected chi connectivity index (χ0v) is 11.0. The third kappa shape index (κ3) is 3.05. The molecule has 1 aromatic heterocycles. The molecule has 0 N–H and O–H groups in total. The minimum Gasteiger partial charge on any atom is -0.314 e. The Morgan fingerprint density at radius 2 is 1.53 bits per heavy atom. The van der Waals surface area contributed by atoms with Crippen LogP contribution >= 0.6 is 0 Å². The topological polar surface area (TPSA) is 30.7 Å². The fourth-order valence-electron chi connectivity index (χ4n) is 1.60. The Bertz CT molecular complexity index is 337. The van der Waals surface area contributed by atoms with Crippen LogP contribution in [0.15, 0.2) is 0 Å². The molecular weight excluding hydrogens is 186 g/mol. The molecule has 0 radical (unpaired) electrons. The standard InChI is InChI=1S/C12H23N3/c1-9-13-14-10(12(5,6)7)15(9)8-11(2,3)4/h8H2,1-7H3. The average Bonchev–Trinajstić information content (AvgIpc) is 2.28. The zero-order valence-electron chi connectivity index (χ0n) is 11.0. The maximum Gasteiger partial charge on any atom is 0.138 e. The van der Waals surface area contributed by atoms with E-state index in [0.29, 0.717) is 0 Å². The van der Waals surface area contributed by atoms with Crippen molar-refractivity contribution in [2.45, 2.75) is 60.4 Å². The first kappa shape index (κ1) is 12.2. The maximum absolute atomic E-state index is 4.28. The van der Waals surface area contributed by atoms with Crippen LogP contribution in [0.5, 0.6) is 0 Å². The number of aryl methyl sites for hydroxylation is 1. The monoisotopic (exact) mass is 209 g/mol. The average molecular weight is 209 g/mol. The summed E-state index contributed by atoms with van der Waals surface area (Å²) in [6.45, 7) is 16.2. The van der Waals surface area contributed by atoms with E-state index in [2.05, 4.69) is 56.3 Å². The highest BCUT2D eigenvalue weighted by atomic mass is 15.3. The van der Waals surface area contributed by atoms with Crippen molar-refractivity contribution in [1.82, 2.24) is 14.8 Å². The summed E-state index contributed by atoms with van der Waals surface area (Å²) in [6, 6.07) is 0. The van der Waals surface area contributed by atoms with Gasteiger partial charge in [-0.05, 0) is 12.3 Å². The Balaban J connectivity index is 3.11.